The van der Waals surface area contributed by atoms with Crippen molar-refractivity contribution in [1.82, 2.24) is 4.98 Å². The van der Waals surface area contributed by atoms with Crippen LogP contribution in [0.5, 0.6) is 23.0 Å². The molecule has 3 atom stereocenters. The number of methoxy groups -OCH3 is 4. The average molecular weight is 2570 g/mol. The Hall–Kier alpha value is -5.25. The number of alkyl halides is 13. The van der Waals surface area contributed by atoms with E-state index < -0.39 is 187 Å². The summed E-state index contributed by atoms with van der Waals surface area (Å²) in [5.74, 6) is 2.57. The van der Waals surface area contributed by atoms with Gasteiger partial charge in [-0.05, 0) is 187 Å². The number of carbonyl (C=O) groups excluding carboxylic acids is 2. The van der Waals surface area contributed by atoms with Gasteiger partial charge in [-0.15, -0.1) is 29.4 Å². The number of halogens is 25. The van der Waals surface area contributed by atoms with Crippen molar-refractivity contribution in [1.29, 1.82) is 0 Å². The third-order valence-electron chi connectivity index (χ3n) is 21.5. The number of fused-ring (bicyclic) bond motifs is 1. The van der Waals surface area contributed by atoms with Crippen LogP contribution in [0.4, 0.5) is 84.7 Å². The second-order valence-corrected chi connectivity index (χ2v) is 57.9. The number of ether oxygens (including phenoxy) is 4. The summed E-state index contributed by atoms with van der Waals surface area (Å²) in [5, 5.41) is 35.1. The maximum absolute atomic E-state index is 14.1. The zero-order chi connectivity index (χ0) is 108. The van der Waals surface area contributed by atoms with Gasteiger partial charge in [0.25, 0.3) is 0 Å². The molecule has 1 aromatic heterocycles. The van der Waals surface area contributed by atoms with Crippen molar-refractivity contribution in [3.8, 4) is 58.3 Å². The number of aliphatic hydroxyl groups is 3. The molecule has 5 N–H and O–H groups in total. The van der Waals surface area contributed by atoms with Gasteiger partial charge in [0.05, 0.1) is 71.2 Å². The van der Waals surface area contributed by atoms with Crippen LogP contribution in [0.15, 0.2) is 103 Å². The van der Waals surface area contributed by atoms with Crippen LogP contribution < -0.4 is 29.0 Å². The van der Waals surface area contributed by atoms with Crippen molar-refractivity contribution < 1.29 is 174 Å². The molecule has 6 aromatic carbocycles. The number of anilines is 1. The molecule has 7 rings (SSSR count). The number of hydrogen-bond donors (Lipinski definition) is 5. The van der Waals surface area contributed by atoms with Crippen LogP contribution in [0.3, 0.4) is 0 Å². The minimum atomic E-state index is -5.02. The molecule has 1 heterocycles. The molecule has 41 heteroatoms. The van der Waals surface area contributed by atoms with Gasteiger partial charge in [0.1, 0.15) is 74.0 Å². The zero-order valence-electron chi connectivity index (χ0n) is 84.1. The largest absolute Gasteiger partial charge is 1.00 e. The first kappa shape index (κ1) is 143. The van der Waals surface area contributed by atoms with Crippen LogP contribution in [0.1, 0.15) is 215 Å². The van der Waals surface area contributed by atoms with Crippen molar-refractivity contribution in [3.05, 3.63) is 180 Å². The Morgan fingerprint density at radius 1 is 0.507 bits per heavy atom. The van der Waals surface area contributed by atoms with E-state index in [-0.39, 0.29) is 110 Å². The predicted octanol–water partition coefficient (Wildman–Crippen LogP) is 28.2. The van der Waals surface area contributed by atoms with E-state index in [9.17, 15) is 104 Å². The summed E-state index contributed by atoms with van der Waals surface area (Å²) in [7, 11) is 12.4. The second-order valence-electron chi connectivity index (χ2n) is 37.9. The van der Waals surface area contributed by atoms with Gasteiger partial charge >= 0.3 is 63.3 Å². The van der Waals surface area contributed by atoms with Gasteiger partial charge in [-0.25, -0.2) is 26.3 Å². The molecule has 0 aliphatic heterocycles. The number of amides is 1. The number of nitrogens with zero attached hydrogens (tertiary/aromatic N) is 1. The number of rotatable bonds is 33. The predicted molar refractivity (Wildman–Crippen MR) is 544 cm³/mol. The topological polar surface area (TPSA) is 160 Å². The summed E-state index contributed by atoms with van der Waals surface area (Å²) >= 11 is 15.4. The number of unbranched alkanes of at least 4 members (excludes halogenated alkanes) is 4. The third kappa shape index (κ3) is 49.5. The van der Waals surface area contributed by atoms with Crippen molar-refractivity contribution in [2.45, 2.75) is 296 Å². The molecule has 7 aromatic rings. The number of benzene rings is 6. The first-order valence-corrected chi connectivity index (χ1v) is 67.8. The fraction of sp³-hybridized carbons (Fsp3) is 0.545. The third-order valence-corrected chi connectivity index (χ3v) is 24.9. The van der Waals surface area contributed by atoms with Gasteiger partial charge in [-0.2, -0.15) is 52.7 Å². The number of hydrogen-bond acceptors (Lipinski definition) is 9. The molecule has 0 saturated carbocycles. The van der Waals surface area contributed by atoms with Crippen molar-refractivity contribution in [2.24, 2.45) is 0 Å². The molecule has 0 radical (unpaired) electrons. The Kier molecular flexibility index (Phi) is 64.1. The molecule has 0 spiro atoms. The molecule has 1 amide bonds. The standard InChI is InChI=1S/C22H21ClF5NO2.C19H26F4O2Si.C16H18F4O2.C16H36N.C13H14F4O2.C8H6ClFINO.C6H11BrSi.CH4.2ClH.FH.Hg.Zn/c1-20(2,16-9-14(24)4-5-18(16)31-3)11-21(30,22(26,27)28)10-15-7-12-6-13(23)8-17(25)19(12)29-15;1-17(2,15-12-14(20)8-9-16(15)25-3)13-18(24,19(21,22)23)10-7-11-26(4,5)6;1-5-8-15(21,16(18,19)20)10-14(2,3)12-9-11(17)6-7-13(12)22-4;1-5-9-13-17(14-10-6-2,15-11-7-3)16-12-8-4;1-12(2,7-11(18)13(15,16)17)9-6-8(14)4-5-10(9)19-3;1-4(13)12-8-6(10)2-5(9)3-7(8)11;1-8(2,3)6-4-5-7;;;;;;/h4-9,29-30H,10-11H2,1-3H3;8-9,12,24H,10,13H2,1-6H3;1,6-7,9,21H,8,10H2,2-4H3;5-16H2,1-4H3;4-6H,7H2,1-3H3;2-3H,1H3,(H,12,13);5H2,1-3H3;1H4;3*1H;;/q;;;+1;;;;;;;;+2;/p-3. The van der Waals surface area contributed by atoms with E-state index >= 15 is 0 Å². The maximum atomic E-state index is 14.1. The normalized spacial score (nSPS) is 12.9. The van der Waals surface area contributed by atoms with Crippen LogP contribution in [0.25, 0.3) is 10.9 Å². The number of terminal acetylenes is 1. The summed E-state index contributed by atoms with van der Waals surface area (Å²) in [4.78, 5) is 24.4. The molecule has 0 aliphatic rings. The fourth-order valence-corrected chi connectivity index (χ4v) is 17.7. The molecule has 0 fully saturated rings. The summed E-state index contributed by atoms with van der Waals surface area (Å²) in [6.07, 6.45) is -9.04. The maximum Gasteiger partial charge on any atom is 0 e. The van der Waals surface area contributed by atoms with E-state index in [4.69, 9.17) is 65.1 Å². The zero-order valence-corrected chi connectivity index (χ0v) is 101. The molecule has 0 saturated heterocycles. The molecule has 3 unspecified atom stereocenters. The van der Waals surface area contributed by atoms with Crippen LogP contribution in [-0.2, 0) is 79.3 Å². The summed E-state index contributed by atoms with van der Waals surface area (Å²) in [6.45, 7) is 40.6. The molecule has 142 heavy (non-hydrogen) atoms. The number of H-pyrrole nitrogens is 1. The number of Topliss-reactive ketones (excluding diaryl/α,β-unsaturated/α-hetero) is 1. The number of quaternary nitrogens is 1. The smallest absolute Gasteiger partial charge is 0 e. The molecule has 0 bridgehead atoms. The Morgan fingerprint density at radius 2 is 0.817 bits per heavy atom. The van der Waals surface area contributed by atoms with E-state index in [1.165, 1.54) is 215 Å². The molecule has 796 valence electrons. The van der Waals surface area contributed by atoms with Gasteiger partial charge in [0.15, 0.2) is 16.8 Å². The first-order chi connectivity index (χ1) is 63.6. The SMILES string of the molecule is C.C#CCC(O)(CC(C)(C)c1cc(F)ccc1OC)C(F)(F)F.CC(=O)Nc1c(F)cc(Cl)cc1I.CCCC[N+](CCCC)(CCCC)CCCC.COc1ccc(F)cc1C(C)(C)CC(=O)C(F)(F)F.COc1ccc(F)cc1C(C)(C)CC(O)(CC#C[Si](C)(C)C)C(F)(F)F.COc1ccc(F)cc1C(C)(C)CC(O)(Cc1cc2cc(Cl)cc(F)c2[nH]1)C(F)(F)F.C[Si](C)(C)C#CCBr.[Cl][Hg][Cl].[F-].[Zn]. The Balaban J connectivity index is -0.000000797. The number of aromatic amines is 1. The first-order valence-electron chi connectivity index (χ1n) is 44.3. The van der Waals surface area contributed by atoms with E-state index in [0.29, 0.717) is 8.59 Å². The minimum Gasteiger partial charge on any atom is -1.00 e. The summed E-state index contributed by atoms with van der Waals surface area (Å²) in [5.41, 5.74) is -7.01. The minimum absolute atomic E-state index is 0. The van der Waals surface area contributed by atoms with E-state index in [0.717, 1.165) is 59.9 Å². The van der Waals surface area contributed by atoms with Crippen LogP contribution in [0, 0.1) is 73.7 Å². The van der Waals surface area contributed by atoms with Crippen LogP contribution in [-0.4, -0.2) is 154 Å². The van der Waals surface area contributed by atoms with Crippen molar-refractivity contribution in [2.75, 3.05) is 65.3 Å². The van der Waals surface area contributed by atoms with E-state index in [1.807, 2.05) is 48.2 Å². The Labute approximate surface area is 892 Å². The van der Waals surface area contributed by atoms with Crippen molar-refractivity contribution in [3.63, 3.8) is 0 Å². The van der Waals surface area contributed by atoms with E-state index in [2.05, 4.69) is 96.5 Å². The Bertz CT molecular complexity index is 5140. The molecule has 0 aliphatic carbocycles. The average Bonchev–Trinajstić information content (AvgIpc) is 1.73. The Morgan fingerprint density at radius 3 is 1.10 bits per heavy atom. The fourth-order valence-electron chi connectivity index (χ4n) is 14.7. The van der Waals surface area contributed by atoms with Crippen LogP contribution >= 0.6 is 78.2 Å². The van der Waals surface area contributed by atoms with Gasteiger partial charge in [0.2, 0.25) is 11.7 Å². The van der Waals surface area contributed by atoms with Gasteiger partial charge < -0.3 is 53.8 Å². The van der Waals surface area contributed by atoms with Crippen molar-refractivity contribution >= 4 is 123 Å². The monoisotopic (exact) mass is 2560 g/mol. The number of ketones is 1. The van der Waals surface area contributed by atoms with E-state index in [1.54, 1.807) is 6.07 Å². The summed E-state index contributed by atoms with van der Waals surface area (Å²) in [6, 6.07) is 20.9. The number of aromatic nitrogens is 1. The summed E-state index contributed by atoms with van der Waals surface area (Å²) < 4.78 is 263. The van der Waals surface area contributed by atoms with Gasteiger partial charge in [-0.1, -0.05) is 201 Å². The number of carbonyl (C=O) groups is 2. The second kappa shape index (κ2) is 63.7. The van der Waals surface area contributed by atoms with Crippen LogP contribution in [0.2, 0.25) is 49.3 Å². The quantitative estimate of drug-likeness (QED) is 0.00674. The molecular weight excluding hydrogens is 2430 g/mol. The molecular formula is C101H136BrCl4F19HgIN3O9Si2Zn. The molecule has 12 nitrogen and oxygen atoms in total. The van der Waals surface area contributed by atoms with Gasteiger partial charge in [0, 0.05) is 104 Å². The van der Waals surface area contributed by atoms with Gasteiger partial charge in [-0.3, -0.25) is 9.59 Å². The number of nitrogens with one attached hydrogen (secondary N) is 2.